The molecule has 1 saturated heterocycles. The average Bonchev–Trinajstić information content (AvgIpc) is 2.59. The Bertz CT molecular complexity index is 280. The van der Waals surface area contributed by atoms with Crippen LogP contribution in [0.2, 0.25) is 0 Å². The van der Waals surface area contributed by atoms with E-state index in [9.17, 15) is 9.59 Å². The number of carboxylic acid groups (broad SMARTS) is 1. The highest BCUT2D eigenvalue weighted by atomic mass is 16.4. The van der Waals surface area contributed by atoms with Gasteiger partial charge in [0.05, 0.1) is 5.92 Å². The number of amides is 1. The predicted molar refractivity (Wildman–Crippen MR) is 59.8 cm³/mol. The van der Waals surface area contributed by atoms with Crippen molar-refractivity contribution in [3.8, 4) is 0 Å². The molecular weight excluding hydrogens is 208 g/mol. The molecule has 0 bridgehead atoms. The second-order valence-electron chi connectivity index (χ2n) is 4.43. The van der Waals surface area contributed by atoms with E-state index < -0.39 is 11.9 Å². The molecule has 0 aromatic rings. The number of hydrogen-bond donors (Lipinski definition) is 2. The van der Waals surface area contributed by atoms with Crippen LogP contribution in [-0.2, 0) is 9.59 Å². The summed E-state index contributed by atoms with van der Waals surface area (Å²) in [5, 5.41) is 8.95. The highest BCUT2D eigenvalue weighted by Gasteiger charge is 2.37. The number of hydrogen-bond acceptors (Lipinski definition) is 3. The van der Waals surface area contributed by atoms with Crippen LogP contribution in [0.15, 0.2) is 0 Å². The molecule has 1 amide bonds. The highest BCUT2D eigenvalue weighted by Crippen LogP contribution is 2.25. The SMILES string of the molecule is CCC(N)CC(=O)N1CCC(C(=O)O)C1C. The van der Waals surface area contributed by atoms with E-state index in [0.717, 1.165) is 6.42 Å². The van der Waals surface area contributed by atoms with Crippen molar-refractivity contribution in [3.63, 3.8) is 0 Å². The van der Waals surface area contributed by atoms with E-state index in [1.165, 1.54) is 0 Å². The van der Waals surface area contributed by atoms with Gasteiger partial charge in [-0.3, -0.25) is 9.59 Å². The van der Waals surface area contributed by atoms with E-state index in [1.54, 1.807) is 11.8 Å². The van der Waals surface area contributed by atoms with Crippen molar-refractivity contribution in [2.24, 2.45) is 11.7 Å². The van der Waals surface area contributed by atoms with Crippen LogP contribution in [0, 0.1) is 5.92 Å². The van der Waals surface area contributed by atoms with Gasteiger partial charge in [-0.15, -0.1) is 0 Å². The number of carboxylic acids is 1. The molecule has 3 unspecified atom stereocenters. The molecule has 16 heavy (non-hydrogen) atoms. The molecular formula is C11H20N2O3. The van der Waals surface area contributed by atoms with Crippen molar-refractivity contribution >= 4 is 11.9 Å². The molecule has 0 aromatic carbocycles. The van der Waals surface area contributed by atoms with Crippen LogP contribution >= 0.6 is 0 Å². The predicted octanol–water partition coefficient (Wildman–Crippen LogP) is 0.435. The van der Waals surface area contributed by atoms with Crippen LogP contribution in [0.5, 0.6) is 0 Å². The number of carbonyl (C=O) groups excluding carboxylic acids is 1. The fourth-order valence-electron chi connectivity index (χ4n) is 2.11. The first-order chi connectivity index (χ1) is 7.47. The summed E-state index contributed by atoms with van der Waals surface area (Å²) in [6.07, 6.45) is 1.62. The lowest BCUT2D eigenvalue weighted by molar-refractivity contribution is -0.143. The number of nitrogens with zero attached hydrogens (tertiary/aromatic N) is 1. The van der Waals surface area contributed by atoms with E-state index in [-0.39, 0.29) is 18.0 Å². The Morgan fingerprint density at radius 2 is 2.19 bits per heavy atom. The lowest BCUT2D eigenvalue weighted by Crippen LogP contribution is -2.40. The fourth-order valence-corrected chi connectivity index (χ4v) is 2.11. The van der Waals surface area contributed by atoms with Crippen LogP contribution < -0.4 is 5.73 Å². The summed E-state index contributed by atoms with van der Waals surface area (Å²) < 4.78 is 0. The third-order valence-electron chi connectivity index (χ3n) is 3.35. The normalized spacial score (nSPS) is 26.8. The molecule has 5 heteroatoms. The van der Waals surface area contributed by atoms with E-state index >= 15 is 0 Å². The largest absolute Gasteiger partial charge is 0.481 e. The number of aliphatic carboxylic acids is 1. The van der Waals surface area contributed by atoms with Crippen LogP contribution in [0.1, 0.15) is 33.1 Å². The van der Waals surface area contributed by atoms with E-state index in [4.69, 9.17) is 10.8 Å². The Kier molecular flexibility index (Phi) is 4.29. The Morgan fingerprint density at radius 1 is 1.56 bits per heavy atom. The topological polar surface area (TPSA) is 83.6 Å². The highest BCUT2D eigenvalue weighted by molar-refractivity contribution is 5.79. The quantitative estimate of drug-likeness (QED) is 0.731. The minimum absolute atomic E-state index is 0.0226. The zero-order valence-corrected chi connectivity index (χ0v) is 9.85. The molecule has 0 saturated carbocycles. The first kappa shape index (κ1) is 13.0. The second-order valence-corrected chi connectivity index (χ2v) is 4.43. The van der Waals surface area contributed by atoms with E-state index in [0.29, 0.717) is 19.4 Å². The van der Waals surface area contributed by atoms with Crippen molar-refractivity contribution in [2.75, 3.05) is 6.54 Å². The summed E-state index contributed by atoms with van der Waals surface area (Å²) in [6.45, 7) is 4.26. The molecule has 1 rings (SSSR count). The zero-order valence-electron chi connectivity index (χ0n) is 9.85. The third kappa shape index (κ3) is 2.72. The van der Waals surface area contributed by atoms with Crippen molar-refractivity contribution in [2.45, 2.75) is 45.2 Å². The van der Waals surface area contributed by atoms with Crippen LogP contribution in [0.4, 0.5) is 0 Å². The minimum atomic E-state index is -0.817. The zero-order chi connectivity index (χ0) is 12.3. The Morgan fingerprint density at radius 3 is 2.62 bits per heavy atom. The molecule has 1 fully saturated rings. The van der Waals surface area contributed by atoms with E-state index in [1.807, 2.05) is 6.92 Å². The molecule has 0 spiro atoms. The summed E-state index contributed by atoms with van der Waals surface area (Å²) in [5.74, 6) is -1.27. The molecule has 92 valence electrons. The van der Waals surface area contributed by atoms with Crippen LogP contribution in [0.25, 0.3) is 0 Å². The van der Waals surface area contributed by atoms with E-state index in [2.05, 4.69) is 0 Å². The number of rotatable bonds is 4. The van der Waals surface area contributed by atoms with Gasteiger partial charge in [0, 0.05) is 25.0 Å². The number of carbonyl (C=O) groups is 2. The first-order valence-corrected chi connectivity index (χ1v) is 5.75. The van der Waals surface area contributed by atoms with Gasteiger partial charge in [0.2, 0.25) is 5.91 Å². The molecule has 1 aliphatic rings. The molecule has 1 heterocycles. The minimum Gasteiger partial charge on any atom is -0.481 e. The third-order valence-corrected chi connectivity index (χ3v) is 3.35. The van der Waals surface area contributed by atoms with Gasteiger partial charge in [0.25, 0.3) is 0 Å². The van der Waals surface area contributed by atoms with Gasteiger partial charge in [0.15, 0.2) is 0 Å². The van der Waals surface area contributed by atoms with Crippen molar-refractivity contribution in [3.05, 3.63) is 0 Å². The molecule has 0 radical (unpaired) electrons. The Labute approximate surface area is 95.6 Å². The second kappa shape index (κ2) is 5.30. The fraction of sp³-hybridized carbons (Fsp3) is 0.818. The van der Waals surface area contributed by atoms with Gasteiger partial charge in [0.1, 0.15) is 0 Å². The standard InChI is InChI=1S/C11H20N2O3/c1-3-8(12)6-10(14)13-5-4-9(7(13)2)11(15)16/h7-9H,3-6,12H2,1-2H3,(H,15,16). The maximum absolute atomic E-state index is 11.8. The number of likely N-dealkylation sites (tertiary alicyclic amines) is 1. The van der Waals surface area contributed by atoms with Gasteiger partial charge in [-0.25, -0.2) is 0 Å². The summed E-state index contributed by atoms with van der Waals surface area (Å²) in [7, 11) is 0. The van der Waals surface area contributed by atoms with Crippen molar-refractivity contribution in [1.82, 2.24) is 4.90 Å². The van der Waals surface area contributed by atoms with Crippen LogP contribution in [0.3, 0.4) is 0 Å². The Hall–Kier alpha value is -1.10. The maximum Gasteiger partial charge on any atom is 0.308 e. The van der Waals surface area contributed by atoms with Gasteiger partial charge in [-0.2, -0.15) is 0 Å². The molecule has 0 aliphatic carbocycles. The molecule has 1 aliphatic heterocycles. The molecule has 3 N–H and O–H groups in total. The lowest BCUT2D eigenvalue weighted by Gasteiger charge is -2.24. The van der Waals surface area contributed by atoms with Gasteiger partial charge in [-0.05, 0) is 19.8 Å². The summed E-state index contributed by atoms with van der Waals surface area (Å²) in [4.78, 5) is 24.4. The summed E-state index contributed by atoms with van der Waals surface area (Å²) in [6, 6.07) is -0.336. The summed E-state index contributed by atoms with van der Waals surface area (Å²) >= 11 is 0. The van der Waals surface area contributed by atoms with Gasteiger partial charge < -0.3 is 15.7 Å². The molecule has 3 atom stereocenters. The van der Waals surface area contributed by atoms with Crippen LogP contribution in [-0.4, -0.2) is 40.5 Å². The monoisotopic (exact) mass is 228 g/mol. The molecule has 0 aromatic heterocycles. The lowest BCUT2D eigenvalue weighted by atomic mass is 10.0. The van der Waals surface area contributed by atoms with Crippen molar-refractivity contribution < 1.29 is 14.7 Å². The Balaban J connectivity index is 2.56. The van der Waals surface area contributed by atoms with Gasteiger partial charge >= 0.3 is 5.97 Å². The van der Waals surface area contributed by atoms with Crippen molar-refractivity contribution in [1.29, 1.82) is 0 Å². The smallest absolute Gasteiger partial charge is 0.308 e. The summed E-state index contributed by atoms with van der Waals surface area (Å²) in [5.41, 5.74) is 5.72. The molecule has 5 nitrogen and oxygen atoms in total. The maximum atomic E-state index is 11.8. The first-order valence-electron chi connectivity index (χ1n) is 5.75. The average molecular weight is 228 g/mol. The number of nitrogens with two attached hydrogens (primary N) is 1. The van der Waals surface area contributed by atoms with Gasteiger partial charge in [-0.1, -0.05) is 6.92 Å².